The highest BCUT2D eigenvalue weighted by Gasteiger charge is 2.27. The first-order chi connectivity index (χ1) is 13.0. The van der Waals surface area contributed by atoms with E-state index in [0.29, 0.717) is 18.5 Å². The van der Waals surface area contributed by atoms with Crippen LogP contribution >= 0.6 is 0 Å². The number of likely N-dealkylation sites (tertiary alicyclic amines) is 1. The normalized spacial score (nSPS) is 20.6. The van der Waals surface area contributed by atoms with Crippen molar-refractivity contribution in [3.05, 3.63) is 29.6 Å². The Kier molecular flexibility index (Phi) is 10.0. The van der Waals surface area contributed by atoms with E-state index in [1.165, 1.54) is 6.07 Å². The molecule has 2 heterocycles. The van der Waals surface area contributed by atoms with Crippen molar-refractivity contribution in [3.8, 4) is 0 Å². The van der Waals surface area contributed by atoms with Crippen LogP contribution in [0.2, 0.25) is 0 Å². The maximum Gasteiger partial charge on any atom is 0.249 e. The van der Waals surface area contributed by atoms with Gasteiger partial charge in [0, 0.05) is 12.1 Å². The van der Waals surface area contributed by atoms with Crippen molar-refractivity contribution < 1.29 is 14.0 Å². The number of amides is 2. The Morgan fingerprint density at radius 2 is 1.70 bits per heavy atom. The molecule has 2 fully saturated rings. The average molecular weight is 380 g/mol. The zero-order valence-electron chi connectivity index (χ0n) is 17.3. The number of hydrogen-bond acceptors (Lipinski definition) is 4. The first kappa shape index (κ1) is 23.1. The summed E-state index contributed by atoms with van der Waals surface area (Å²) in [5.41, 5.74) is 1.33. The van der Waals surface area contributed by atoms with Crippen LogP contribution in [0.4, 0.5) is 10.1 Å². The van der Waals surface area contributed by atoms with Crippen molar-refractivity contribution in [2.45, 2.75) is 65.3 Å². The molecule has 6 heteroatoms. The molecule has 2 saturated heterocycles. The molecular formula is C21H34FN3O2. The Balaban J connectivity index is 0.000000855. The van der Waals surface area contributed by atoms with Crippen molar-refractivity contribution in [1.82, 2.24) is 10.2 Å². The lowest BCUT2D eigenvalue weighted by Gasteiger charge is -2.29. The summed E-state index contributed by atoms with van der Waals surface area (Å²) in [7, 11) is 2.08. The van der Waals surface area contributed by atoms with Crippen LogP contribution in [-0.2, 0) is 9.59 Å². The van der Waals surface area contributed by atoms with Crippen LogP contribution in [0.15, 0.2) is 18.2 Å². The topological polar surface area (TPSA) is 61.4 Å². The predicted octanol–water partition coefficient (Wildman–Crippen LogP) is 3.90. The first-order valence-electron chi connectivity index (χ1n) is 10.1. The van der Waals surface area contributed by atoms with Crippen molar-refractivity contribution in [3.63, 3.8) is 0 Å². The quantitative estimate of drug-likeness (QED) is 0.782. The molecule has 3 rings (SSSR count). The maximum absolute atomic E-state index is 14.4. The number of carbonyl (C=O) groups is 2. The van der Waals surface area contributed by atoms with Crippen LogP contribution in [-0.4, -0.2) is 42.9 Å². The smallest absolute Gasteiger partial charge is 0.249 e. The van der Waals surface area contributed by atoms with Gasteiger partial charge in [-0.2, -0.15) is 0 Å². The fourth-order valence-corrected chi connectivity index (χ4v) is 3.30. The summed E-state index contributed by atoms with van der Waals surface area (Å²) < 4.78 is 14.4. The van der Waals surface area contributed by atoms with Crippen LogP contribution < -0.4 is 10.6 Å². The highest BCUT2D eigenvalue weighted by Crippen LogP contribution is 2.31. The van der Waals surface area contributed by atoms with Crippen LogP contribution in [0, 0.1) is 5.82 Å². The van der Waals surface area contributed by atoms with Gasteiger partial charge in [0.15, 0.2) is 0 Å². The second kappa shape index (κ2) is 11.7. The second-order valence-electron chi connectivity index (χ2n) is 6.46. The molecule has 0 spiro atoms. The molecule has 0 aliphatic carbocycles. The number of carbonyl (C=O) groups excluding carboxylic acids is 2. The molecule has 2 amide bonds. The molecule has 5 nitrogen and oxygen atoms in total. The predicted molar refractivity (Wildman–Crippen MR) is 108 cm³/mol. The Hall–Kier alpha value is -1.95. The number of hydrogen-bond donors (Lipinski definition) is 2. The zero-order valence-corrected chi connectivity index (χ0v) is 17.3. The summed E-state index contributed by atoms with van der Waals surface area (Å²) >= 11 is 0. The lowest BCUT2D eigenvalue weighted by Crippen LogP contribution is -2.47. The highest BCUT2D eigenvalue weighted by atomic mass is 19.1. The van der Waals surface area contributed by atoms with Gasteiger partial charge in [-0.15, -0.1) is 0 Å². The summed E-state index contributed by atoms with van der Waals surface area (Å²) in [5.74, 6) is -0.564. The van der Waals surface area contributed by atoms with Gasteiger partial charge in [-0.3, -0.25) is 14.9 Å². The lowest BCUT2D eigenvalue weighted by atomic mass is 9.89. The van der Waals surface area contributed by atoms with E-state index >= 15 is 0 Å². The molecule has 1 aromatic carbocycles. The molecular weight excluding hydrogens is 345 g/mol. The molecule has 2 N–H and O–H groups in total. The van der Waals surface area contributed by atoms with Crippen molar-refractivity contribution in [2.75, 3.05) is 25.5 Å². The number of nitrogens with one attached hydrogen (secondary N) is 2. The minimum Gasteiger partial charge on any atom is -0.374 e. The number of piperidine rings is 2. The van der Waals surface area contributed by atoms with E-state index in [9.17, 15) is 14.0 Å². The lowest BCUT2D eigenvalue weighted by molar-refractivity contribution is -0.133. The third-order valence-corrected chi connectivity index (χ3v) is 4.74. The molecule has 0 radical (unpaired) electrons. The van der Waals surface area contributed by atoms with Gasteiger partial charge in [-0.05, 0) is 63.0 Å². The van der Waals surface area contributed by atoms with Gasteiger partial charge in [-0.25, -0.2) is 4.39 Å². The molecule has 0 saturated carbocycles. The van der Waals surface area contributed by atoms with Crippen LogP contribution in [0.25, 0.3) is 0 Å². The van der Waals surface area contributed by atoms with Crippen LogP contribution in [0.5, 0.6) is 0 Å². The first-order valence-corrected chi connectivity index (χ1v) is 10.1. The Morgan fingerprint density at radius 1 is 1.07 bits per heavy atom. The summed E-state index contributed by atoms with van der Waals surface area (Å²) in [6, 6.07) is 4.61. The molecule has 1 atom stereocenters. The molecule has 27 heavy (non-hydrogen) atoms. The molecule has 0 aromatic heterocycles. The number of halogens is 1. The largest absolute Gasteiger partial charge is 0.374 e. The third kappa shape index (κ3) is 6.61. The standard InChI is InChI=1S/C17H22FN3O2.2C2H6/c1-21-8-6-11(7-9-21)13-3-2-12(10-14(13)18)19-15-4-5-16(22)20-17(15)23;2*1-2/h2-3,10-11,15,19H,4-9H2,1H3,(H,20,22,23);2*1-2H3/t15-;;/m1../s1. The summed E-state index contributed by atoms with van der Waals surface area (Å²) in [6.45, 7) is 9.97. The molecule has 0 unspecified atom stereocenters. The maximum atomic E-state index is 14.4. The van der Waals surface area contributed by atoms with Gasteiger partial charge in [0.2, 0.25) is 11.8 Å². The summed E-state index contributed by atoms with van der Waals surface area (Å²) in [4.78, 5) is 25.1. The Bertz CT molecular complexity index is 613. The Labute approximate surface area is 162 Å². The van der Waals surface area contributed by atoms with Crippen molar-refractivity contribution in [1.29, 1.82) is 0 Å². The fraction of sp³-hybridized carbons (Fsp3) is 0.619. The zero-order chi connectivity index (χ0) is 20.4. The van der Waals surface area contributed by atoms with E-state index < -0.39 is 6.04 Å². The van der Waals surface area contributed by atoms with Gasteiger partial charge in [0.05, 0.1) is 0 Å². The van der Waals surface area contributed by atoms with Gasteiger partial charge in [0.1, 0.15) is 11.9 Å². The minimum absolute atomic E-state index is 0.225. The van der Waals surface area contributed by atoms with Gasteiger partial charge in [-0.1, -0.05) is 33.8 Å². The molecule has 0 bridgehead atoms. The average Bonchev–Trinajstić information content (AvgIpc) is 2.68. The number of rotatable bonds is 3. The number of benzene rings is 1. The van der Waals surface area contributed by atoms with E-state index in [0.717, 1.165) is 31.5 Å². The van der Waals surface area contributed by atoms with Crippen molar-refractivity contribution in [2.24, 2.45) is 0 Å². The number of imide groups is 1. The minimum atomic E-state index is -0.485. The van der Waals surface area contributed by atoms with Gasteiger partial charge < -0.3 is 10.2 Å². The van der Waals surface area contributed by atoms with Gasteiger partial charge in [0.25, 0.3) is 0 Å². The summed E-state index contributed by atoms with van der Waals surface area (Å²) in [6.07, 6.45) is 2.67. The third-order valence-electron chi connectivity index (χ3n) is 4.74. The van der Waals surface area contributed by atoms with E-state index in [1.807, 2.05) is 39.8 Å². The molecule has 1 aromatic rings. The number of anilines is 1. The summed E-state index contributed by atoms with van der Waals surface area (Å²) in [5, 5.41) is 5.31. The van der Waals surface area contributed by atoms with E-state index in [2.05, 4.69) is 22.6 Å². The number of nitrogens with zero attached hydrogens (tertiary/aromatic N) is 1. The second-order valence-corrected chi connectivity index (χ2v) is 6.46. The van der Waals surface area contributed by atoms with E-state index in [4.69, 9.17) is 0 Å². The van der Waals surface area contributed by atoms with Crippen molar-refractivity contribution >= 4 is 17.5 Å². The van der Waals surface area contributed by atoms with Gasteiger partial charge >= 0.3 is 0 Å². The van der Waals surface area contributed by atoms with Crippen LogP contribution in [0.3, 0.4) is 0 Å². The highest BCUT2D eigenvalue weighted by molar-refractivity contribution is 6.01. The Morgan fingerprint density at radius 3 is 2.26 bits per heavy atom. The SMILES string of the molecule is CC.CC.CN1CCC(c2ccc(N[C@@H]3CCC(=O)NC3=O)cc2F)CC1. The molecule has 2 aliphatic heterocycles. The van der Waals surface area contributed by atoms with E-state index in [-0.39, 0.29) is 23.5 Å². The molecule has 2 aliphatic rings. The fourth-order valence-electron chi connectivity index (χ4n) is 3.30. The van der Waals surface area contributed by atoms with E-state index in [1.54, 1.807) is 0 Å². The monoisotopic (exact) mass is 379 g/mol. The molecule has 152 valence electrons. The van der Waals surface area contributed by atoms with Crippen LogP contribution in [0.1, 0.15) is 64.9 Å².